The van der Waals surface area contributed by atoms with Gasteiger partial charge in [0, 0.05) is 6.07 Å². The predicted molar refractivity (Wildman–Crippen MR) is 107 cm³/mol. The molecule has 0 aliphatic heterocycles. The van der Waals surface area contributed by atoms with Gasteiger partial charge in [0.15, 0.2) is 0 Å². The van der Waals surface area contributed by atoms with Crippen molar-refractivity contribution < 1.29 is 13.2 Å². The Hall–Kier alpha value is -2.03. The Labute approximate surface area is 165 Å². The maximum atomic E-state index is 14.3. The zero-order valence-electron chi connectivity index (χ0n) is 16.3. The van der Waals surface area contributed by atoms with Crippen LogP contribution in [-0.2, 0) is 6.42 Å². The first-order valence-electron chi connectivity index (χ1n) is 10.4. The summed E-state index contributed by atoms with van der Waals surface area (Å²) < 4.78 is 41.8. The number of rotatable bonds is 4. The molecule has 2 aromatic carbocycles. The summed E-state index contributed by atoms with van der Waals surface area (Å²) in [6.45, 7) is 2.04. The summed E-state index contributed by atoms with van der Waals surface area (Å²) in [5.41, 5.74) is 2.74. The monoisotopic (exact) mass is 384 g/mol. The summed E-state index contributed by atoms with van der Waals surface area (Å²) >= 11 is 0. The Morgan fingerprint density at radius 2 is 1.75 bits per heavy atom. The van der Waals surface area contributed by atoms with Gasteiger partial charge in [0.25, 0.3) is 0 Å². The molecular weight excluding hydrogens is 357 g/mol. The molecule has 0 bridgehead atoms. The first-order valence-corrected chi connectivity index (χ1v) is 10.4. The standard InChI is InChI=1S/C25H27F3/c1-2-3-4-5-16-8-11-20-22(25(16)17-6-9-18(26)10-7-17)13-12-21-23(20)14-19(27)15-24(21)28/h2-3,6-7,9-10,14-16,20,22,25H,4-5,8,11-13H2,1H3. The highest BCUT2D eigenvalue weighted by Gasteiger charge is 2.43. The molecule has 0 nitrogen and oxygen atoms in total. The number of hydrogen-bond donors (Lipinski definition) is 0. The molecule has 4 rings (SSSR count). The molecule has 4 unspecified atom stereocenters. The van der Waals surface area contributed by atoms with Crippen molar-refractivity contribution in [3.05, 3.63) is 82.7 Å². The molecule has 0 saturated heterocycles. The third kappa shape index (κ3) is 3.64. The van der Waals surface area contributed by atoms with E-state index in [9.17, 15) is 13.2 Å². The Balaban J connectivity index is 1.71. The second-order valence-corrected chi connectivity index (χ2v) is 8.33. The molecule has 0 aromatic heterocycles. The molecule has 28 heavy (non-hydrogen) atoms. The van der Waals surface area contributed by atoms with E-state index >= 15 is 0 Å². The lowest BCUT2D eigenvalue weighted by molar-refractivity contribution is 0.161. The van der Waals surface area contributed by atoms with Crippen molar-refractivity contribution in [2.24, 2.45) is 11.8 Å². The first-order chi connectivity index (χ1) is 13.6. The molecule has 2 aliphatic rings. The fourth-order valence-electron chi connectivity index (χ4n) is 5.69. The first kappa shape index (κ1) is 19.3. The molecule has 0 heterocycles. The SMILES string of the molecule is CC=CCCC1CCC2c3cc(F)cc(F)c3CCC2C1c1ccc(F)cc1. The maximum Gasteiger partial charge on any atom is 0.129 e. The van der Waals surface area contributed by atoms with Crippen LogP contribution in [0.5, 0.6) is 0 Å². The van der Waals surface area contributed by atoms with Crippen molar-refractivity contribution >= 4 is 0 Å². The average Bonchev–Trinajstić information content (AvgIpc) is 2.68. The van der Waals surface area contributed by atoms with Crippen molar-refractivity contribution in [2.75, 3.05) is 0 Å². The van der Waals surface area contributed by atoms with Crippen LogP contribution in [0.4, 0.5) is 13.2 Å². The van der Waals surface area contributed by atoms with Crippen LogP contribution in [0.3, 0.4) is 0 Å². The van der Waals surface area contributed by atoms with Gasteiger partial charge in [0.2, 0.25) is 0 Å². The highest BCUT2D eigenvalue weighted by Crippen LogP contribution is 2.55. The van der Waals surface area contributed by atoms with Crippen LogP contribution in [0.1, 0.15) is 67.6 Å². The zero-order chi connectivity index (χ0) is 19.7. The summed E-state index contributed by atoms with van der Waals surface area (Å²) in [6.07, 6.45) is 9.99. The summed E-state index contributed by atoms with van der Waals surface area (Å²) in [5.74, 6) is 0.254. The van der Waals surface area contributed by atoms with Crippen molar-refractivity contribution in [1.82, 2.24) is 0 Å². The highest BCUT2D eigenvalue weighted by molar-refractivity contribution is 5.38. The van der Waals surface area contributed by atoms with E-state index in [1.54, 1.807) is 6.07 Å². The van der Waals surface area contributed by atoms with Gasteiger partial charge in [0.05, 0.1) is 0 Å². The molecule has 4 atom stereocenters. The van der Waals surface area contributed by atoms with Gasteiger partial charge >= 0.3 is 0 Å². The van der Waals surface area contributed by atoms with Gasteiger partial charge in [0.1, 0.15) is 17.5 Å². The van der Waals surface area contributed by atoms with Crippen molar-refractivity contribution in [1.29, 1.82) is 0 Å². The summed E-state index contributed by atoms with van der Waals surface area (Å²) in [7, 11) is 0. The fourth-order valence-corrected chi connectivity index (χ4v) is 5.69. The van der Waals surface area contributed by atoms with Crippen LogP contribution >= 0.6 is 0 Å². The smallest absolute Gasteiger partial charge is 0.129 e. The molecular formula is C25H27F3. The lowest BCUT2D eigenvalue weighted by Gasteiger charge is -2.47. The van der Waals surface area contributed by atoms with Crippen LogP contribution in [-0.4, -0.2) is 0 Å². The van der Waals surface area contributed by atoms with E-state index in [2.05, 4.69) is 12.2 Å². The molecule has 0 spiro atoms. The average molecular weight is 384 g/mol. The lowest BCUT2D eigenvalue weighted by atomic mass is 9.57. The predicted octanol–water partition coefficient (Wildman–Crippen LogP) is 7.30. The number of halogens is 3. The van der Waals surface area contributed by atoms with Crippen molar-refractivity contribution in [3.63, 3.8) is 0 Å². The topological polar surface area (TPSA) is 0 Å². The normalized spacial score (nSPS) is 26.9. The number of fused-ring (bicyclic) bond motifs is 3. The molecule has 1 saturated carbocycles. The van der Waals surface area contributed by atoms with Crippen molar-refractivity contribution in [3.8, 4) is 0 Å². The third-order valence-electron chi connectivity index (χ3n) is 6.85. The van der Waals surface area contributed by atoms with Crippen LogP contribution in [0.25, 0.3) is 0 Å². The third-order valence-corrected chi connectivity index (χ3v) is 6.85. The lowest BCUT2D eigenvalue weighted by Crippen LogP contribution is -2.35. The fraction of sp³-hybridized carbons (Fsp3) is 0.440. The second kappa shape index (κ2) is 8.14. The minimum Gasteiger partial charge on any atom is -0.207 e. The van der Waals surface area contributed by atoms with E-state index in [-0.39, 0.29) is 11.7 Å². The molecule has 0 amide bonds. The minimum absolute atomic E-state index is 0.182. The zero-order valence-corrected chi connectivity index (χ0v) is 16.3. The molecule has 0 N–H and O–H groups in total. The molecule has 1 fully saturated rings. The van der Waals surface area contributed by atoms with E-state index in [1.165, 1.54) is 17.7 Å². The second-order valence-electron chi connectivity index (χ2n) is 8.33. The summed E-state index contributed by atoms with van der Waals surface area (Å²) in [4.78, 5) is 0. The van der Waals surface area contributed by atoms with Crippen LogP contribution in [0, 0.1) is 29.3 Å². The van der Waals surface area contributed by atoms with Gasteiger partial charge in [-0.25, -0.2) is 13.2 Å². The summed E-state index contributed by atoms with van der Waals surface area (Å²) in [5, 5.41) is 0. The molecule has 148 valence electrons. The van der Waals surface area contributed by atoms with Crippen LogP contribution in [0.15, 0.2) is 48.6 Å². The van der Waals surface area contributed by atoms with Gasteiger partial charge in [-0.15, -0.1) is 0 Å². The van der Waals surface area contributed by atoms with Crippen LogP contribution in [0.2, 0.25) is 0 Å². The molecule has 2 aromatic rings. The Bertz CT molecular complexity index is 853. The molecule has 3 heteroatoms. The number of benzene rings is 2. The quantitative estimate of drug-likeness (QED) is 0.485. The van der Waals surface area contributed by atoms with E-state index < -0.39 is 11.6 Å². The Morgan fingerprint density at radius 3 is 2.50 bits per heavy atom. The number of allylic oxidation sites excluding steroid dienone is 2. The summed E-state index contributed by atoms with van der Waals surface area (Å²) in [6, 6.07) is 9.46. The Morgan fingerprint density at radius 1 is 0.964 bits per heavy atom. The number of hydrogen-bond acceptors (Lipinski definition) is 0. The van der Waals surface area contributed by atoms with Gasteiger partial charge in [-0.05, 0) is 104 Å². The minimum atomic E-state index is -0.481. The van der Waals surface area contributed by atoms with Gasteiger partial charge < -0.3 is 0 Å². The Kier molecular flexibility index (Phi) is 5.61. The van der Waals surface area contributed by atoms with Gasteiger partial charge in [-0.2, -0.15) is 0 Å². The van der Waals surface area contributed by atoms with Gasteiger partial charge in [-0.3, -0.25) is 0 Å². The van der Waals surface area contributed by atoms with Crippen molar-refractivity contribution in [2.45, 2.75) is 57.3 Å². The van der Waals surface area contributed by atoms with E-state index in [0.29, 0.717) is 29.7 Å². The highest BCUT2D eigenvalue weighted by atomic mass is 19.1. The molecule has 0 radical (unpaired) electrons. The molecule has 2 aliphatic carbocycles. The van der Waals surface area contributed by atoms with E-state index in [0.717, 1.165) is 43.7 Å². The van der Waals surface area contributed by atoms with E-state index in [1.807, 2.05) is 19.1 Å². The maximum absolute atomic E-state index is 14.3. The largest absolute Gasteiger partial charge is 0.207 e. The van der Waals surface area contributed by atoms with Gasteiger partial charge in [-0.1, -0.05) is 24.3 Å². The van der Waals surface area contributed by atoms with E-state index in [4.69, 9.17) is 0 Å². The van der Waals surface area contributed by atoms with Crippen LogP contribution < -0.4 is 0 Å².